The second-order valence-corrected chi connectivity index (χ2v) is 6.27. The third kappa shape index (κ3) is 2.17. The van der Waals surface area contributed by atoms with Crippen molar-refractivity contribution >= 4 is 37.5 Å². The van der Waals surface area contributed by atoms with Gasteiger partial charge in [-0.3, -0.25) is 0 Å². The molecule has 0 aromatic heterocycles. The van der Waals surface area contributed by atoms with Crippen LogP contribution in [0.3, 0.4) is 0 Å². The molecule has 0 spiro atoms. The second kappa shape index (κ2) is 4.97. The summed E-state index contributed by atoms with van der Waals surface area (Å²) in [6, 6.07) is 17.4. The van der Waals surface area contributed by atoms with Crippen LogP contribution in [0.2, 0.25) is 0 Å². The third-order valence-electron chi connectivity index (χ3n) is 3.58. The van der Waals surface area contributed by atoms with Gasteiger partial charge in [0.15, 0.2) is 0 Å². The van der Waals surface area contributed by atoms with Gasteiger partial charge in [-0.25, -0.2) is 0 Å². The molecule has 1 heteroatoms. The fourth-order valence-corrected chi connectivity index (χ4v) is 3.50. The molecule has 0 aliphatic rings. The molecule has 3 aromatic carbocycles. The van der Waals surface area contributed by atoms with Crippen LogP contribution in [0, 0.1) is 5.92 Å². The number of hydrogen-bond donors (Lipinski definition) is 0. The van der Waals surface area contributed by atoms with Gasteiger partial charge in [-0.05, 0) is 55.4 Å². The number of fused-ring (bicyclic) bond motifs is 3. The van der Waals surface area contributed by atoms with Crippen LogP contribution in [0.25, 0.3) is 21.5 Å². The lowest BCUT2D eigenvalue weighted by Gasteiger charge is -2.15. The van der Waals surface area contributed by atoms with Crippen LogP contribution >= 0.6 is 15.9 Å². The lowest BCUT2D eigenvalue weighted by molar-refractivity contribution is 0.649. The first-order valence-electron chi connectivity index (χ1n) is 6.76. The molecule has 0 fully saturated rings. The molecule has 3 aromatic rings. The minimum absolute atomic E-state index is 0.654. The summed E-state index contributed by atoms with van der Waals surface area (Å²) < 4.78 is 1.26. The van der Waals surface area contributed by atoms with E-state index < -0.39 is 0 Å². The van der Waals surface area contributed by atoms with Gasteiger partial charge in [0.25, 0.3) is 0 Å². The van der Waals surface area contributed by atoms with Crippen LogP contribution in [0.5, 0.6) is 0 Å². The van der Waals surface area contributed by atoms with Crippen molar-refractivity contribution < 1.29 is 0 Å². The van der Waals surface area contributed by atoms with E-state index >= 15 is 0 Å². The van der Waals surface area contributed by atoms with Crippen LogP contribution in [0.1, 0.15) is 19.4 Å². The highest BCUT2D eigenvalue weighted by Gasteiger charge is 2.12. The van der Waals surface area contributed by atoms with E-state index in [2.05, 4.69) is 78.3 Å². The molecule has 0 N–H and O–H groups in total. The molecule has 0 amide bonds. The molecule has 0 saturated heterocycles. The topological polar surface area (TPSA) is 0 Å². The number of halogens is 1. The van der Waals surface area contributed by atoms with Crippen LogP contribution in [-0.2, 0) is 6.42 Å². The van der Waals surface area contributed by atoms with Gasteiger partial charge >= 0.3 is 0 Å². The van der Waals surface area contributed by atoms with E-state index in [1.54, 1.807) is 0 Å². The molecule has 3 rings (SSSR count). The zero-order chi connectivity index (χ0) is 13.4. The zero-order valence-corrected chi connectivity index (χ0v) is 12.9. The van der Waals surface area contributed by atoms with Gasteiger partial charge in [-0.1, -0.05) is 62.4 Å². The van der Waals surface area contributed by atoms with E-state index in [9.17, 15) is 0 Å². The monoisotopic (exact) mass is 312 g/mol. The summed E-state index contributed by atoms with van der Waals surface area (Å²) in [6.07, 6.45) is 1.10. The Bertz CT molecular complexity index is 741. The Kier molecular flexibility index (Phi) is 3.32. The van der Waals surface area contributed by atoms with Crippen LogP contribution < -0.4 is 0 Å². The van der Waals surface area contributed by atoms with Crippen LogP contribution in [-0.4, -0.2) is 0 Å². The number of rotatable bonds is 2. The van der Waals surface area contributed by atoms with Crippen molar-refractivity contribution in [3.63, 3.8) is 0 Å². The predicted octanol–water partition coefficient (Wildman–Crippen LogP) is 5.95. The number of hydrogen-bond acceptors (Lipinski definition) is 0. The SMILES string of the molecule is CC(C)Cc1c(Br)c2ccccc2c2ccccc12. The zero-order valence-electron chi connectivity index (χ0n) is 11.3. The van der Waals surface area contributed by atoms with Crippen molar-refractivity contribution in [1.29, 1.82) is 0 Å². The summed E-state index contributed by atoms with van der Waals surface area (Å²) in [5.74, 6) is 0.654. The van der Waals surface area contributed by atoms with Crippen molar-refractivity contribution in [2.75, 3.05) is 0 Å². The molecule has 0 aliphatic heterocycles. The molecule has 0 nitrogen and oxygen atoms in total. The molecule has 0 heterocycles. The molecule has 0 bridgehead atoms. The Hall–Kier alpha value is -1.34. The van der Waals surface area contributed by atoms with Crippen LogP contribution in [0.15, 0.2) is 53.0 Å². The fraction of sp³-hybridized carbons (Fsp3) is 0.222. The Morgan fingerprint density at radius 2 is 1.26 bits per heavy atom. The van der Waals surface area contributed by atoms with Gasteiger partial charge in [0.2, 0.25) is 0 Å². The number of benzene rings is 3. The van der Waals surface area contributed by atoms with Gasteiger partial charge in [-0.2, -0.15) is 0 Å². The molecule has 0 unspecified atom stereocenters. The van der Waals surface area contributed by atoms with E-state index in [0.29, 0.717) is 5.92 Å². The van der Waals surface area contributed by atoms with Crippen molar-refractivity contribution in [2.45, 2.75) is 20.3 Å². The van der Waals surface area contributed by atoms with E-state index in [4.69, 9.17) is 0 Å². The molecule has 0 saturated carbocycles. The van der Waals surface area contributed by atoms with Gasteiger partial charge in [0, 0.05) is 4.47 Å². The summed E-state index contributed by atoms with van der Waals surface area (Å²) >= 11 is 3.83. The minimum atomic E-state index is 0.654. The normalized spacial score (nSPS) is 11.6. The first-order valence-corrected chi connectivity index (χ1v) is 7.55. The molecule has 0 radical (unpaired) electrons. The molecule has 19 heavy (non-hydrogen) atoms. The van der Waals surface area contributed by atoms with Gasteiger partial charge in [-0.15, -0.1) is 0 Å². The maximum absolute atomic E-state index is 3.83. The van der Waals surface area contributed by atoms with Gasteiger partial charge in [0.1, 0.15) is 0 Å². The minimum Gasteiger partial charge on any atom is -0.0625 e. The van der Waals surface area contributed by atoms with E-state index in [0.717, 1.165) is 6.42 Å². The Morgan fingerprint density at radius 1 is 0.789 bits per heavy atom. The Labute approximate surface area is 122 Å². The quantitative estimate of drug-likeness (QED) is 0.513. The van der Waals surface area contributed by atoms with Gasteiger partial charge in [0.05, 0.1) is 0 Å². The second-order valence-electron chi connectivity index (χ2n) is 5.48. The molecule has 0 aliphatic carbocycles. The maximum Gasteiger partial charge on any atom is 0.0292 e. The predicted molar refractivity (Wildman–Crippen MR) is 87.7 cm³/mol. The molecule has 0 atom stereocenters. The first kappa shape index (κ1) is 12.7. The standard InChI is InChI=1S/C18H17Br/c1-12(2)11-17-15-9-4-3-7-13(15)14-8-5-6-10-16(14)18(17)19/h3-10,12H,11H2,1-2H3. The lowest BCUT2D eigenvalue weighted by Crippen LogP contribution is -1.97. The van der Waals surface area contributed by atoms with E-state index in [1.165, 1.54) is 31.6 Å². The smallest absolute Gasteiger partial charge is 0.0292 e. The molecular formula is C18H17Br. The summed E-state index contributed by atoms with van der Waals surface area (Å²) in [7, 11) is 0. The summed E-state index contributed by atoms with van der Waals surface area (Å²) in [4.78, 5) is 0. The maximum atomic E-state index is 3.83. The third-order valence-corrected chi connectivity index (χ3v) is 4.49. The summed E-state index contributed by atoms with van der Waals surface area (Å²) in [5.41, 5.74) is 1.43. The van der Waals surface area contributed by atoms with E-state index in [-0.39, 0.29) is 0 Å². The summed E-state index contributed by atoms with van der Waals surface area (Å²) in [5, 5.41) is 5.38. The molecular weight excluding hydrogens is 296 g/mol. The largest absolute Gasteiger partial charge is 0.0625 e. The lowest BCUT2D eigenvalue weighted by atomic mass is 9.92. The Balaban J connectivity index is 2.47. The highest BCUT2D eigenvalue weighted by atomic mass is 79.9. The average molecular weight is 313 g/mol. The van der Waals surface area contributed by atoms with Crippen LogP contribution in [0.4, 0.5) is 0 Å². The highest BCUT2D eigenvalue weighted by Crippen LogP contribution is 2.37. The van der Waals surface area contributed by atoms with E-state index in [1.807, 2.05) is 0 Å². The molecule has 96 valence electrons. The average Bonchev–Trinajstić information content (AvgIpc) is 2.43. The van der Waals surface area contributed by atoms with Crippen molar-refractivity contribution in [3.05, 3.63) is 58.6 Å². The fourth-order valence-electron chi connectivity index (χ4n) is 2.78. The highest BCUT2D eigenvalue weighted by molar-refractivity contribution is 9.10. The van der Waals surface area contributed by atoms with Crippen molar-refractivity contribution in [1.82, 2.24) is 0 Å². The van der Waals surface area contributed by atoms with Gasteiger partial charge < -0.3 is 0 Å². The first-order chi connectivity index (χ1) is 9.18. The Morgan fingerprint density at radius 3 is 1.84 bits per heavy atom. The van der Waals surface area contributed by atoms with Crippen molar-refractivity contribution in [2.24, 2.45) is 5.92 Å². The van der Waals surface area contributed by atoms with Crippen molar-refractivity contribution in [3.8, 4) is 0 Å². The summed E-state index contributed by atoms with van der Waals surface area (Å²) in [6.45, 7) is 4.55.